The summed E-state index contributed by atoms with van der Waals surface area (Å²) < 4.78 is 5.43. The summed E-state index contributed by atoms with van der Waals surface area (Å²) in [6.45, 7) is 8.45. The van der Waals surface area contributed by atoms with Gasteiger partial charge in [-0.25, -0.2) is 4.98 Å². The van der Waals surface area contributed by atoms with Gasteiger partial charge in [0.15, 0.2) is 0 Å². The zero-order valence-corrected chi connectivity index (χ0v) is 11.7. The molecule has 1 aliphatic rings. The summed E-state index contributed by atoms with van der Waals surface area (Å²) in [5, 5.41) is 4.84. The smallest absolute Gasteiger partial charge is 0.109 e. The first-order valence-corrected chi connectivity index (χ1v) is 7.30. The van der Waals surface area contributed by atoms with E-state index in [0.717, 1.165) is 19.6 Å². The molecule has 3 nitrogen and oxygen atoms in total. The van der Waals surface area contributed by atoms with Gasteiger partial charge in [-0.2, -0.15) is 0 Å². The van der Waals surface area contributed by atoms with E-state index in [1.165, 1.54) is 16.3 Å². The average Bonchev–Trinajstić information content (AvgIpc) is 3.00. The lowest BCUT2D eigenvalue weighted by Crippen LogP contribution is -2.35. The van der Waals surface area contributed by atoms with Gasteiger partial charge in [0.05, 0.1) is 12.6 Å². The Morgan fingerprint density at radius 3 is 3.00 bits per heavy atom. The molecule has 1 aromatic heterocycles. The van der Waals surface area contributed by atoms with Crippen LogP contribution in [0.4, 0.5) is 0 Å². The van der Waals surface area contributed by atoms with Crippen LogP contribution in [0, 0.1) is 5.92 Å². The fourth-order valence-corrected chi connectivity index (χ4v) is 3.10. The average molecular weight is 254 g/mol. The predicted molar refractivity (Wildman–Crippen MR) is 71.4 cm³/mol. The number of rotatable bonds is 5. The molecule has 3 unspecified atom stereocenters. The zero-order valence-electron chi connectivity index (χ0n) is 10.9. The SMILES string of the molecule is CCc1cnc(C(C)NC(C)C2CCOC2)s1. The van der Waals surface area contributed by atoms with E-state index in [0.29, 0.717) is 18.0 Å². The third-order valence-corrected chi connectivity index (χ3v) is 4.80. The van der Waals surface area contributed by atoms with Crippen LogP contribution in [-0.2, 0) is 11.2 Å². The Balaban J connectivity index is 1.89. The summed E-state index contributed by atoms with van der Waals surface area (Å²) in [4.78, 5) is 5.86. The molecule has 0 amide bonds. The van der Waals surface area contributed by atoms with E-state index < -0.39 is 0 Å². The van der Waals surface area contributed by atoms with Crippen LogP contribution in [0.3, 0.4) is 0 Å². The van der Waals surface area contributed by atoms with Crippen LogP contribution >= 0.6 is 11.3 Å². The number of ether oxygens (including phenoxy) is 1. The maximum absolute atomic E-state index is 5.43. The van der Waals surface area contributed by atoms with Crippen molar-refractivity contribution in [3.63, 3.8) is 0 Å². The number of hydrogen-bond donors (Lipinski definition) is 1. The van der Waals surface area contributed by atoms with Crippen LogP contribution in [0.25, 0.3) is 0 Å². The van der Waals surface area contributed by atoms with Crippen LogP contribution in [0.1, 0.15) is 43.1 Å². The number of aromatic nitrogens is 1. The zero-order chi connectivity index (χ0) is 12.3. The summed E-state index contributed by atoms with van der Waals surface area (Å²) in [6.07, 6.45) is 4.26. The van der Waals surface area contributed by atoms with Gasteiger partial charge < -0.3 is 10.1 Å². The summed E-state index contributed by atoms with van der Waals surface area (Å²) in [5.41, 5.74) is 0. The molecule has 0 aliphatic carbocycles. The molecule has 0 spiro atoms. The maximum atomic E-state index is 5.43. The minimum Gasteiger partial charge on any atom is -0.381 e. The van der Waals surface area contributed by atoms with Crippen molar-refractivity contribution < 1.29 is 4.74 Å². The van der Waals surface area contributed by atoms with Crippen molar-refractivity contribution in [1.82, 2.24) is 10.3 Å². The highest BCUT2D eigenvalue weighted by molar-refractivity contribution is 7.11. The normalized spacial score (nSPS) is 23.8. The molecule has 0 bridgehead atoms. The van der Waals surface area contributed by atoms with Crippen molar-refractivity contribution in [1.29, 1.82) is 0 Å². The van der Waals surface area contributed by atoms with E-state index in [-0.39, 0.29) is 0 Å². The van der Waals surface area contributed by atoms with Crippen LogP contribution in [0.5, 0.6) is 0 Å². The molecule has 0 aromatic carbocycles. The summed E-state index contributed by atoms with van der Waals surface area (Å²) >= 11 is 1.82. The Labute approximate surface area is 108 Å². The highest BCUT2D eigenvalue weighted by Gasteiger charge is 2.24. The highest BCUT2D eigenvalue weighted by Crippen LogP contribution is 2.23. The number of thiazole rings is 1. The molecule has 0 saturated carbocycles. The van der Waals surface area contributed by atoms with Crippen molar-refractivity contribution in [2.24, 2.45) is 5.92 Å². The third kappa shape index (κ3) is 3.27. The number of nitrogens with one attached hydrogen (secondary N) is 1. The molecule has 1 N–H and O–H groups in total. The predicted octanol–water partition coefficient (Wildman–Crippen LogP) is 2.78. The van der Waals surface area contributed by atoms with E-state index in [1.54, 1.807) is 0 Å². The van der Waals surface area contributed by atoms with E-state index in [4.69, 9.17) is 4.74 Å². The first kappa shape index (κ1) is 13.0. The monoisotopic (exact) mass is 254 g/mol. The Bertz CT molecular complexity index is 347. The first-order chi connectivity index (χ1) is 8.20. The Hall–Kier alpha value is -0.450. The molecule has 0 radical (unpaired) electrons. The highest BCUT2D eigenvalue weighted by atomic mass is 32.1. The lowest BCUT2D eigenvalue weighted by atomic mass is 10.0. The van der Waals surface area contributed by atoms with Crippen molar-refractivity contribution >= 4 is 11.3 Å². The number of aryl methyl sites for hydroxylation is 1. The lowest BCUT2D eigenvalue weighted by molar-refractivity contribution is 0.177. The van der Waals surface area contributed by atoms with Crippen molar-refractivity contribution in [2.45, 2.75) is 45.7 Å². The Morgan fingerprint density at radius 1 is 1.59 bits per heavy atom. The van der Waals surface area contributed by atoms with Gasteiger partial charge in [-0.1, -0.05) is 6.92 Å². The molecule has 1 saturated heterocycles. The van der Waals surface area contributed by atoms with E-state index in [9.17, 15) is 0 Å². The summed E-state index contributed by atoms with van der Waals surface area (Å²) in [7, 11) is 0. The van der Waals surface area contributed by atoms with Crippen LogP contribution in [0.15, 0.2) is 6.20 Å². The molecule has 1 aromatic rings. The van der Waals surface area contributed by atoms with Crippen molar-refractivity contribution in [3.05, 3.63) is 16.1 Å². The lowest BCUT2D eigenvalue weighted by Gasteiger charge is -2.22. The molecular formula is C13H22N2OS. The van der Waals surface area contributed by atoms with Crippen LogP contribution in [0.2, 0.25) is 0 Å². The molecule has 2 heterocycles. The molecule has 3 atom stereocenters. The summed E-state index contributed by atoms with van der Waals surface area (Å²) in [5.74, 6) is 0.656. The van der Waals surface area contributed by atoms with Gasteiger partial charge in [0.25, 0.3) is 0 Å². The fraction of sp³-hybridized carbons (Fsp3) is 0.769. The Kier molecular flexibility index (Phi) is 4.54. The molecule has 96 valence electrons. The molecule has 2 rings (SSSR count). The van der Waals surface area contributed by atoms with Gasteiger partial charge in [0, 0.05) is 23.7 Å². The maximum Gasteiger partial charge on any atom is 0.109 e. The quantitative estimate of drug-likeness (QED) is 0.877. The second-order valence-corrected chi connectivity index (χ2v) is 5.97. The number of hydrogen-bond acceptors (Lipinski definition) is 4. The molecular weight excluding hydrogens is 232 g/mol. The van der Waals surface area contributed by atoms with Crippen LogP contribution < -0.4 is 5.32 Å². The van der Waals surface area contributed by atoms with E-state index >= 15 is 0 Å². The van der Waals surface area contributed by atoms with Gasteiger partial charge in [-0.3, -0.25) is 0 Å². The van der Waals surface area contributed by atoms with Gasteiger partial charge in [0.2, 0.25) is 0 Å². The molecule has 1 aliphatic heterocycles. The Morgan fingerprint density at radius 2 is 2.41 bits per heavy atom. The largest absolute Gasteiger partial charge is 0.381 e. The second kappa shape index (κ2) is 5.94. The minimum atomic E-state index is 0.343. The van der Waals surface area contributed by atoms with Crippen molar-refractivity contribution in [3.8, 4) is 0 Å². The van der Waals surface area contributed by atoms with Crippen molar-refractivity contribution in [2.75, 3.05) is 13.2 Å². The molecule has 4 heteroatoms. The number of nitrogens with zero attached hydrogens (tertiary/aromatic N) is 1. The van der Waals surface area contributed by atoms with E-state index in [1.807, 2.05) is 17.5 Å². The van der Waals surface area contributed by atoms with Gasteiger partial charge in [0.1, 0.15) is 5.01 Å². The molecule has 1 fully saturated rings. The van der Waals surface area contributed by atoms with Crippen LogP contribution in [-0.4, -0.2) is 24.2 Å². The minimum absolute atomic E-state index is 0.343. The third-order valence-electron chi connectivity index (χ3n) is 3.48. The topological polar surface area (TPSA) is 34.2 Å². The standard InChI is InChI=1S/C13H22N2OS/c1-4-12-7-14-13(17-12)10(3)15-9(2)11-5-6-16-8-11/h7,9-11,15H,4-6,8H2,1-3H3. The van der Waals surface area contributed by atoms with E-state index in [2.05, 4.69) is 31.1 Å². The fourth-order valence-electron chi connectivity index (χ4n) is 2.24. The molecule has 17 heavy (non-hydrogen) atoms. The van der Waals surface area contributed by atoms with Gasteiger partial charge >= 0.3 is 0 Å². The first-order valence-electron chi connectivity index (χ1n) is 6.49. The summed E-state index contributed by atoms with van der Waals surface area (Å²) in [6, 6.07) is 0.845. The van der Waals surface area contributed by atoms with Gasteiger partial charge in [-0.05, 0) is 32.6 Å². The van der Waals surface area contributed by atoms with Gasteiger partial charge in [-0.15, -0.1) is 11.3 Å². The second-order valence-electron chi connectivity index (χ2n) is 4.82.